The second-order valence-electron chi connectivity index (χ2n) is 5.79. The van der Waals surface area contributed by atoms with E-state index in [1.165, 1.54) is 6.07 Å². The largest absolute Gasteiger partial charge is 0.478 e. The van der Waals surface area contributed by atoms with Crippen molar-refractivity contribution in [3.05, 3.63) is 53.6 Å². The summed E-state index contributed by atoms with van der Waals surface area (Å²) in [7, 11) is 0. The fraction of sp³-hybridized carbons (Fsp3) is 0.278. The van der Waals surface area contributed by atoms with Crippen molar-refractivity contribution < 1.29 is 23.1 Å². The van der Waals surface area contributed by atoms with Crippen LogP contribution in [-0.2, 0) is 0 Å². The van der Waals surface area contributed by atoms with Crippen molar-refractivity contribution in [1.29, 1.82) is 0 Å². The number of carboxylic acids is 1. The number of aromatic carboxylic acids is 1. The van der Waals surface area contributed by atoms with E-state index in [1.54, 1.807) is 24.3 Å². The molecule has 2 nitrogen and oxygen atoms in total. The average Bonchev–Trinajstić information content (AvgIpc) is 2.53. The minimum Gasteiger partial charge on any atom is -0.478 e. The monoisotopic (exact) mass is 320 g/mol. The van der Waals surface area contributed by atoms with E-state index in [0.29, 0.717) is 6.42 Å². The minimum absolute atomic E-state index is 0.00241. The first kappa shape index (κ1) is 15.6. The Hall–Kier alpha value is -2.30. The van der Waals surface area contributed by atoms with E-state index in [2.05, 4.69) is 0 Å². The first-order chi connectivity index (χ1) is 10.9. The molecule has 0 saturated heterocycles. The summed E-state index contributed by atoms with van der Waals surface area (Å²) in [5.74, 6) is -2.26. The molecule has 1 atom stereocenters. The van der Waals surface area contributed by atoms with Crippen LogP contribution in [0, 0.1) is 5.92 Å². The van der Waals surface area contributed by atoms with Gasteiger partial charge in [0.15, 0.2) is 0 Å². The number of rotatable bonds is 2. The van der Waals surface area contributed by atoms with Crippen molar-refractivity contribution in [3.63, 3.8) is 0 Å². The van der Waals surface area contributed by atoms with E-state index >= 15 is 0 Å². The fourth-order valence-electron chi connectivity index (χ4n) is 3.07. The number of carboxylic acid groups (broad SMARTS) is 1. The van der Waals surface area contributed by atoms with Crippen LogP contribution < -0.4 is 0 Å². The van der Waals surface area contributed by atoms with E-state index in [1.807, 2.05) is 12.1 Å². The Bertz CT molecular complexity index is 790. The van der Waals surface area contributed by atoms with Gasteiger partial charge < -0.3 is 5.11 Å². The van der Waals surface area contributed by atoms with Gasteiger partial charge in [0.05, 0.1) is 11.5 Å². The zero-order chi connectivity index (χ0) is 16.6. The second-order valence-corrected chi connectivity index (χ2v) is 5.79. The Kier molecular flexibility index (Phi) is 3.88. The van der Waals surface area contributed by atoms with Crippen molar-refractivity contribution >= 4 is 22.3 Å². The Morgan fingerprint density at radius 2 is 1.96 bits per heavy atom. The Morgan fingerprint density at radius 1 is 1.17 bits per heavy atom. The lowest BCUT2D eigenvalue weighted by molar-refractivity contribution is -0.175. The highest BCUT2D eigenvalue weighted by Crippen LogP contribution is 2.40. The van der Waals surface area contributed by atoms with Gasteiger partial charge in [-0.05, 0) is 53.3 Å². The van der Waals surface area contributed by atoms with E-state index in [9.17, 15) is 18.0 Å². The smallest absolute Gasteiger partial charge is 0.392 e. The minimum atomic E-state index is -4.14. The molecule has 0 aliphatic heterocycles. The standard InChI is InChI=1S/C18H15F3O2/c19-18(20,21)14-7-4-11(5-8-14)15-3-1-2-12-10-13(17(22)23)6-9-16(12)15/h1-4,6,9-10,14H,5,7-8H2,(H,22,23)/t14-/m1/s1. The first-order valence-electron chi connectivity index (χ1n) is 7.38. The van der Waals surface area contributed by atoms with Crippen LogP contribution in [0.4, 0.5) is 13.2 Å². The van der Waals surface area contributed by atoms with Crippen LogP contribution in [0.1, 0.15) is 35.2 Å². The highest BCUT2D eigenvalue weighted by atomic mass is 19.4. The van der Waals surface area contributed by atoms with E-state index in [-0.39, 0.29) is 18.4 Å². The van der Waals surface area contributed by atoms with E-state index in [0.717, 1.165) is 21.9 Å². The molecule has 0 heterocycles. The molecule has 1 aliphatic carbocycles. The van der Waals surface area contributed by atoms with Gasteiger partial charge in [0.25, 0.3) is 0 Å². The molecule has 0 amide bonds. The molecule has 1 N–H and O–H groups in total. The number of fused-ring (bicyclic) bond motifs is 1. The van der Waals surface area contributed by atoms with Crippen LogP contribution in [0.25, 0.3) is 16.3 Å². The molecule has 23 heavy (non-hydrogen) atoms. The number of alkyl halides is 3. The number of halogens is 3. The molecule has 0 spiro atoms. The normalized spacial score (nSPS) is 18.7. The maximum atomic E-state index is 12.8. The van der Waals surface area contributed by atoms with Crippen LogP contribution in [0.2, 0.25) is 0 Å². The number of allylic oxidation sites excluding steroid dienone is 2. The van der Waals surface area contributed by atoms with Gasteiger partial charge in [-0.25, -0.2) is 4.79 Å². The Morgan fingerprint density at radius 3 is 2.57 bits per heavy atom. The Labute approximate surface area is 131 Å². The van der Waals surface area contributed by atoms with Crippen LogP contribution in [0.15, 0.2) is 42.5 Å². The predicted molar refractivity (Wildman–Crippen MR) is 82.3 cm³/mol. The second kappa shape index (κ2) is 5.72. The maximum absolute atomic E-state index is 12.8. The zero-order valence-corrected chi connectivity index (χ0v) is 12.2. The SMILES string of the molecule is O=C(O)c1ccc2c(C3=CC[C@@H](C(F)(F)F)CC3)cccc2c1. The summed E-state index contributed by atoms with van der Waals surface area (Å²) in [6.07, 6.45) is -2.00. The third kappa shape index (κ3) is 3.09. The highest BCUT2D eigenvalue weighted by molar-refractivity contribution is 5.99. The summed E-state index contributed by atoms with van der Waals surface area (Å²) in [6, 6.07) is 10.3. The topological polar surface area (TPSA) is 37.3 Å². The molecular weight excluding hydrogens is 305 g/mol. The molecular formula is C18H15F3O2. The number of benzene rings is 2. The lowest BCUT2D eigenvalue weighted by Gasteiger charge is -2.24. The molecule has 0 saturated carbocycles. The van der Waals surface area contributed by atoms with Gasteiger partial charge in [0.1, 0.15) is 0 Å². The first-order valence-corrected chi connectivity index (χ1v) is 7.38. The summed E-state index contributed by atoms with van der Waals surface area (Å²) in [5.41, 5.74) is 1.99. The van der Waals surface area contributed by atoms with Gasteiger partial charge in [-0.1, -0.05) is 30.3 Å². The fourth-order valence-corrected chi connectivity index (χ4v) is 3.07. The molecule has 3 rings (SSSR count). The number of hydrogen-bond donors (Lipinski definition) is 1. The van der Waals surface area contributed by atoms with Crippen molar-refractivity contribution in [2.75, 3.05) is 0 Å². The number of hydrogen-bond acceptors (Lipinski definition) is 1. The molecule has 0 aromatic heterocycles. The summed E-state index contributed by atoms with van der Waals surface area (Å²) in [6.45, 7) is 0. The molecule has 0 bridgehead atoms. The Balaban J connectivity index is 1.98. The van der Waals surface area contributed by atoms with Crippen LogP contribution in [-0.4, -0.2) is 17.3 Å². The van der Waals surface area contributed by atoms with Gasteiger partial charge in [-0.3, -0.25) is 0 Å². The summed E-state index contributed by atoms with van der Waals surface area (Å²) in [4.78, 5) is 11.0. The summed E-state index contributed by atoms with van der Waals surface area (Å²) < 4.78 is 38.3. The zero-order valence-electron chi connectivity index (χ0n) is 12.2. The molecule has 0 radical (unpaired) electrons. The van der Waals surface area contributed by atoms with Crippen molar-refractivity contribution in [1.82, 2.24) is 0 Å². The van der Waals surface area contributed by atoms with Gasteiger partial charge in [-0.2, -0.15) is 13.2 Å². The van der Waals surface area contributed by atoms with Gasteiger partial charge in [-0.15, -0.1) is 0 Å². The van der Waals surface area contributed by atoms with Gasteiger partial charge >= 0.3 is 12.1 Å². The highest BCUT2D eigenvalue weighted by Gasteiger charge is 2.39. The number of carbonyl (C=O) groups is 1. The molecule has 2 aromatic carbocycles. The maximum Gasteiger partial charge on any atom is 0.392 e. The molecule has 1 aliphatic rings. The van der Waals surface area contributed by atoms with Crippen molar-refractivity contribution in [3.8, 4) is 0 Å². The molecule has 120 valence electrons. The van der Waals surface area contributed by atoms with Gasteiger partial charge in [0.2, 0.25) is 0 Å². The molecule has 2 aromatic rings. The molecule has 5 heteroatoms. The lowest BCUT2D eigenvalue weighted by atomic mass is 9.84. The van der Waals surface area contributed by atoms with Gasteiger partial charge in [0, 0.05) is 0 Å². The van der Waals surface area contributed by atoms with E-state index in [4.69, 9.17) is 5.11 Å². The third-order valence-corrected chi connectivity index (χ3v) is 4.35. The van der Waals surface area contributed by atoms with E-state index < -0.39 is 18.1 Å². The quantitative estimate of drug-likeness (QED) is 0.817. The summed E-state index contributed by atoms with van der Waals surface area (Å²) in [5, 5.41) is 10.7. The van der Waals surface area contributed by atoms with Crippen LogP contribution in [0.3, 0.4) is 0 Å². The van der Waals surface area contributed by atoms with Crippen molar-refractivity contribution in [2.24, 2.45) is 5.92 Å². The van der Waals surface area contributed by atoms with Crippen molar-refractivity contribution in [2.45, 2.75) is 25.4 Å². The van der Waals surface area contributed by atoms with Crippen LogP contribution in [0.5, 0.6) is 0 Å². The third-order valence-electron chi connectivity index (χ3n) is 4.35. The molecule has 0 unspecified atom stereocenters. The predicted octanol–water partition coefficient (Wildman–Crippen LogP) is 5.28. The molecule has 0 fully saturated rings. The average molecular weight is 320 g/mol. The lowest BCUT2D eigenvalue weighted by Crippen LogP contribution is -2.24. The van der Waals surface area contributed by atoms with Crippen LogP contribution >= 0.6 is 0 Å². The summed E-state index contributed by atoms with van der Waals surface area (Å²) >= 11 is 0.